The molecule has 0 aromatic heterocycles. The minimum atomic E-state index is 0.274. The molecule has 0 saturated heterocycles. The Labute approximate surface area is 136 Å². The number of rotatable bonds is 4. The van der Waals surface area contributed by atoms with E-state index in [1.165, 1.54) is 35.3 Å². The molecule has 0 radical (unpaired) electrons. The van der Waals surface area contributed by atoms with Crippen molar-refractivity contribution >= 4 is 0 Å². The molecule has 0 bridgehead atoms. The van der Waals surface area contributed by atoms with Crippen molar-refractivity contribution in [3.8, 4) is 5.75 Å². The topological polar surface area (TPSA) is 9.23 Å². The fourth-order valence-corrected chi connectivity index (χ4v) is 3.49. The Morgan fingerprint density at radius 1 is 1.05 bits per heavy atom. The Kier molecular flexibility index (Phi) is 6.11. The number of benzene rings is 1. The predicted molar refractivity (Wildman–Crippen MR) is 95.9 cm³/mol. The minimum absolute atomic E-state index is 0.274. The van der Waals surface area contributed by atoms with E-state index in [-0.39, 0.29) is 6.10 Å². The maximum Gasteiger partial charge on any atom is 0.126 e. The second-order valence-electron chi connectivity index (χ2n) is 6.90. The minimum Gasteiger partial charge on any atom is -0.490 e. The van der Waals surface area contributed by atoms with Gasteiger partial charge in [0.1, 0.15) is 5.75 Å². The van der Waals surface area contributed by atoms with E-state index in [2.05, 4.69) is 58.9 Å². The molecule has 2 rings (SSSR count). The van der Waals surface area contributed by atoms with Crippen LogP contribution < -0.4 is 4.74 Å². The largest absolute Gasteiger partial charge is 0.490 e. The third kappa shape index (κ3) is 3.94. The van der Waals surface area contributed by atoms with E-state index in [4.69, 9.17) is 4.74 Å². The van der Waals surface area contributed by atoms with Crippen molar-refractivity contribution in [2.45, 2.75) is 78.7 Å². The zero-order valence-corrected chi connectivity index (χ0v) is 15.0. The standard InChI is InChI=1S/C21H32O/c1-6-8-9-19-13-12-18(7-2)21-20(19)16(4)11-10-15(3)14-17(5)22-21/h10-13,15-17H,6-9,14H2,1-5H3/b11-10-. The summed E-state index contributed by atoms with van der Waals surface area (Å²) in [6.07, 6.45) is 10.8. The van der Waals surface area contributed by atoms with Crippen LogP contribution in [0.15, 0.2) is 24.3 Å². The fourth-order valence-electron chi connectivity index (χ4n) is 3.49. The summed E-state index contributed by atoms with van der Waals surface area (Å²) in [5, 5.41) is 0. The number of ether oxygens (including phenoxy) is 1. The van der Waals surface area contributed by atoms with Gasteiger partial charge in [-0.25, -0.2) is 0 Å². The Hall–Kier alpha value is -1.24. The summed E-state index contributed by atoms with van der Waals surface area (Å²) in [5.41, 5.74) is 4.27. The van der Waals surface area contributed by atoms with Gasteiger partial charge in [0.15, 0.2) is 0 Å². The van der Waals surface area contributed by atoms with Crippen molar-refractivity contribution in [3.05, 3.63) is 41.0 Å². The maximum absolute atomic E-state index is 6.46. The SMILES string of the molecule is CCCCc1ccc(CC)c2c1C(C)/C=C\C(C)CC(C)O2. The molecule has 1 heteroatoms. The van der Waals surface area contributed by atoms with E-state index in [9.17, 15) is 0 Å². The van der Waals surface area contributed by atoms with Gasteiger partial charge in [-0.2, -0.15) is 0 Å². The maximum atomic E-state index is 6.46. The van der Waals surface area contributed by atoms with Gasteiger partial charge in [0.05, 0.1) is 6.10 Å². The van der Waals surface area contributed by atoms with Crippen LogP contribution in [-0.4, -0.2) is 6.10 Å². The number of hydrogen-bond acceptors (Lipinski definition) is 1. The zero-order valence-electron chi connectivity index (χ0n) is 15.0. The summed E-state index contributed by atoms with van der Waals surface area (Å²) in [5.74, 6) is 2.19. The third-order valence-electron chi connectivity index (χ3n) is 4.75. The fraction of sp³-hybridized carbons (Fsp3) is 0.619. The van der Waals surface area contributed by atoms with Gasteiger partial charge in [0, 0.05) is 11.5 Å². The predicted octanol–water partition coefficient (Wildman–Crippen LogP) is 6.06. The lowest BCUT2D eigenvalue weighted by molar-refractivity contribution is 0.195. The number of unbranched alkanes of at least 4 members (excludes halogenated alkanes) is 1. The first-order chi connectivity index (χ1) is 10.6. The highest BCUT2D eigenvalue weighted by atomic mass is 16.5. The average Bonchev–Trinajstić information content (AvgIpc) is 2.54. The lowest BCUT2D eigenvalue weighted by Gasteiger charge is -2.24. The molecule has 0 aliphatic carbocycles. The molecule has 3 unspecified atom stereocenters. The highest BCUT2D eigenvalue weighted by Crippen LogP contribution is 2.38. The van der Waals surface area contributed by atoms with Crippen molar-refractivity contribution < 1.29 is 4.74 Å². The molecule has 0 spiro atoms. The van der Waals surface area contributed by atoms with Gasteiger partial charge in [-0.1, -0.05) is 58.4 Å². The molecule has 0 amide bonds. The van der Waals surface area contributed by atoms with Crippen LogP contribution in [0.1, 0.15) is 76.5 Å². The molecule has 1 nitrogen and oxygen atoms in total. The quantitative estimate of drug-likeness (QED) is 0.614. The van der Waals surface area contributed by atoms with Crippen molar-refractivity contribution in [3.63, 3.8) is 0 Å². The van der Waals surface area contributed by atoms with E-state index in [1.54, 1.807) is 0 Å². The van der Waals surface area contributed by atoms with Gasteiger partial charge in [0.25, 0.3) is 0 Å². The molecule has 1 heterocycles. The molecular weight excluding hydrogens is 268 g/mol. The van der Waals surface area contributed by atoms with E-state index < -0.39 is 0 Å². The smallest absolute Gasteiger partial charge is 0.126 e. The molecule has 22 heavy (non-hydrogen) atoms. The number of aryl methyl sites for hydroxylation is 2. The highest BCUT2D eigenvalue weighted by Gasteiger charge is 2.21. The second kappa shape index (κ2) is 7.85. The molecule has 0 saturated carbocycles. The Balaban J connectivity index is 2.52. The zero-order chi connectivity index (χ0) is 16.1. The molecule has 1 aliphatic heterocycles. The Morgan fingerprint density at radius 2 is 1.77 bits per heavy atom. The van der Waals surface area contributed by atoms with Gasteiger partial charge >= 0.3 is 0 Å². The average molecular weight is 300 g/mol. The van der Waals surface area contributed by atoms with Crippen molar-refractivity contribution in [1.82, 2.24) is 0 Å². The lowest BCUT2D eigenvalue weighted by Crippen LogP contribution is -2.17. The number of fused-ring (bicyclic) bond motifs is 1. The van der Waals surface area contributed by atoms with Gasteiger partial charge in [0.2, 0.25) is 0 Å². The number of hydrogen-bond donors (Lipinski definition) is 0. The van der Waals surface area contributed by atoms with Gasteiger partial charge in [-0.05, 0) is 49.7 Å². The van der Waals surface area contributed by atoms with Crippen LogP contribution in [0.25, 0.3) is 0 Å². The molecule has 0 N–H and O–H groups in total. The van der Waals surface area contributed by atoms with Crippen LogP contribution in [0.4, 0.5) is 0 Å². The first kappa shape index (κ1) is 17.1. The van der Waals surface area contributed by atoms with Gasteiger partial charge in [-0.15, -0.1) is 0 Å². The molecule has 3 atom stereocenters. The molecule has 1 aliphatic rings. The normalized spacial score (nSPS) is 26.3. The highest BCUT2D eigenvalue weighted by molar-refractivity contribution is 5.50. The van der Waals surface area contributed by atoms with Crippen molar-refractivity contribution in [1.29, 1.82) is 0 Å². The second-order valence-corrected chi connectivity index (χ2v) is 6.90. The van der Waals surface area contributed by atoms with Crippen LogP contribution in [-0.2, 0) is 12.8 Å². The van der Waals surface area contributed by atoms with Crippen LogP contribution in [0.2, 0.25) is 0 Å². The third-order valence-corrected chi connectivity index (χ3v) is 4.75. The molecule has 122 valence electrons. The van der Waals surface area contributed by atoms with E-state index in [0.29, 0.717) is 11.8 Å². The Bertz CT molecular complexity index is 515. The first-order valence-electron chi connectivity index (χ1n) is 9.06. The lowest BCUT2D eigenvalue weighted by atomic mass is 9.88. The summed E-state index contributed by atoms with van der Waals surface area (Å²) < 4.78 is 6.46. The monoisotopic (exact) mass is 300 g/mol. The molecule has 1 aromatic carbocycles. The van der Waals surface area contributed by atoms with Gasteiger partial charge < -0.3 is 4.74 Å². The molecule has 0 fully saturated rings. The van der Waals surface area contributed by atoms with E-state index >= 15 is 0 Å². The summed E-state index contributed by atoms with van der Waals surface area (Å²) >= 11 is 0. The van der Waals surface area contributed by atoms with E-state index in [0.717, 1.165) is 19.3 Å². The van der Waals surface area contributed by atoms with Crippen LogP contribution in [0.3, 0.4) is 0 Å². The molecular formula is C21H32O. The van der Waals surface area contributed by atoms with Crippen molar-refractivity contribution in [2.24, 2.45) is 5.92 Å². The summed E-state index contributed by atoms with van der Waals surface area (Å²) in [7, 11) is 0. The van der Waals surface area contributed by atoms with Crippen LogP contribution in [0, 0.1) is 5.92 Å². The Morgan fingerprint density at radius 3 is 2.45 bits per heavy atom. The van der Waals surface area contributed by atoms with Gasteiger partial charge in [-0.3, -0.25) is 0 Å². The summed E-state index contributed by atoms with van der Waals surface area (Å²) in [6.45, 7) is 11.3. The van der Waals surface area contributed by atoms with Crippen LogP contribution >= 0.6 is 0 Å². The van der Waals surface area contributed by atoms with E-state index in [1.807, 2.05) is 0 Å². The summed E-state index contributed by atoms with van der Waals surface area (Å²) in [6, 6.07) is 4.63. The first-order valence-corrected chi connectivity index (χ1v) is 9.06. The van der Waals surface area contributed by atoms with Crippen LogP contribution in [0.5, 0.6) is 5.75 Å². The van der Waals surface area contributed by atoms with Crippen molar-refractivity contribution in [2.75, 3.05) is 0 Å². The molecule has 1 aromatic rings. The summed E-state index contributed by atoms with van der Waals surface area (Å²) in [4.78, 5) is 0. The number of allylic oxidation sites excluding steroid dienone is 2.